The van der Waals surface area contributed by atoms with Gasteiger partial charge in [-0.2, -0.15) is 0 Å². The molecule has 0 unspecified atom stereocenters. The van der Waals surface area contributed by atoms with Gasteiger partial charge in [-0.25, -0.2) is 0 Å². The van der Waals surface area contributed by atoms with Gasteiger partial charge >= 0.3 is 0 Å². The largest absolute Gasteiger partial charge is 0.279 e. The molecule has 3 rings (SSSR count). The Bertz CT molecular complexity index is 804. The molecular formula is C15H9IN2O2. The lowest BCUT2D eigenvalue weighted by Gasteiger charge is -2.09. The van der Waals surface area contributed by atoms with E-state index in [1.165, 1.54) is 6.07 Å². The van der Waals surface area contributed by atoms with Gasteiger partial charge in [0.1, 0.15) is 0 Å². The number of non-ortho nitro benzene ring substituents is 1. The first-order valence-corrected chi connectivity index (χ1v) is 7.03. The van der Waals surface area contributed by atoms with E-state index in [4.69, 9.17) is 0 Å². The second kappa shape index (κ2) is 5.16. The first-order valence-electron chi connectivity index (χ1n) is 5.95. The van der Waals surface area contributed by atoms with Crippen LogP contribution in [0, 0.1) is 13.7 Å². The van der Waals surface area contributed by atoms with E-state index in [9.17, 15) is 10.1 Å². The third kappa shape index (κ3) is 2.14. The van der Waals surface area contributed by atoms with Crippen molar-refractivity contribution in [3.8, 4) is 11.1 Å². The Morgan fingerprint density at radius 3 is 2.50 bits per heavy atom. The summed E-state index contributed by atoms with van der Waals surface area (Å²) >= 11 is 2.17. The lowest BCUT2D eigenvalue weighted by Crippen LogP contribution is -1.95. The van der Waals surface area contributed by atoms with E-state index in [2.05, 4.69) is 27.6 Å². The maximum Gasteiger partial charge on any atom is 0.279 e. The maximum atomic E-state index is 11.3. The van der Waals surface area contributed by atoms with Crippen LogP contribution >= 0.6 is 22.6 Å². The molecule has 3 aromatic rings. The number of rotatable bonds is 2. The fraction of sp³-hybridized carbons (Fsp3) is 0. The number of halogens is 1. The van der Waals surface area contributed by atoms with Crippen molar-refractivity contribution >= 4 is 39.2 Å². The third-order valence-corrected chi connectivity index (χ3v) is 3.90. The standard InChI is InChI=1S/C15H9IN2O2/c16-11-9-17-12-7-4-8-13(18(19)20)15(12)14(11)10-5-2-1-3-6-10/h1-9H. The maximum absolute atomic E-state index is 11.3. The fourth-order valence-electron chi connectivity index (χ4n) is 2.24. The first kappa shape index (κ1) is 13.0. The monoisotopic (exact) mass is 376 g/mol. The summed E-state index contributed by atoms with van der Waals surface area (Å²) in [5.41, 5.74) is 2.55. The second-order valence-corrected chi connectivity index (χ2v) is 5.44. The minimum absolute atomic E-state index is 0.0902. The Morgan fingerprint density at radius 2 is 1.80 bits per heavy atom. The number of pyridine rings is 1. The Morgan fingerprint density at radius 1 is 1.05 bits per heavy atom. The van der Waals surface area contributed by atoms with Gasteiger partial charge in [0.15, 0.2) is 0 Å². The highest BCUT2D eigenvalue weighted by atomic mass is 127. The molecule has 0 radical (unpaired) electrons. The molecule has 0 saturated carbocycles. The number of benzene rings is 2. The zero-order chi connectivity index (χ0) is 14.1. The minimum atomic E-state index is -0.355. The summed E-state index contributed by atoms with van der Waals surface area (Å²) in [7, 11) is 0. The van der Waals surface area contributed by atoms with E-state index in [0.29, 0.717) is 10.9 Å². The molecule has 2 aromatic carbocycles. The average molecular weight is 376 g/mol. The summed E-state index contributed by atoms with van der Waals surface area (Å²) < 4.78 is 0.899. The van der Waals surface area contributed by atoms with Crippen molar-refractivity contribution < 1.29 is 4.92 Å². The minimum Gasteiger partial charge on any atom is -0.258 e. The molecule has 4 nitrogen and oxygen atoms in total. The highest BCUT2D eigenvalue weighted by Crippen LogP contribution is 2.36. The van der Waals surface area contributed by atoms with Crippen LogP contribution in [0.2, 0.25) is 0 Å². The lowest BCUT2D eigenvalue weighted by molar-refractivity contribution is -0.383. The Kier molecular flexibility index (Phi) is 3.35. The fourth-order valence-corrected chi connectivity index (χ4v) is 2.96. The van der Waals surface area contributed by atoms with Crippen LogP contribution in [-0.4, -0.2) is 9.91 Å². The van der Waals surface area contributed by atoms with Crippen molar-refractivity contribution in [3.63, 3.8) is 0 Å². The van der Waals surface area contributed by atoms with Crippen molar-refractivity contribution in [1.82, 2.24) is 4.98 Å². The highest BCUT2D eigenvalue weighted by molar-refractivity contribution is 14.1. The lowest BCUT2D eigenvalue weighted by atomic mass is 10.0. The summed E-state index contributed by atoms with van der Waals surface area (Å²) in [5, 5.41) is 11.9. The SMILES string of the molecule is O=[N+]([O-])c1cccc2ncc(I)c(-c3ccccc3)c12. The van der Waals surface area contributed by atoms with Crippen molar-refractivity contribution in [2.24, 2.45) is 0 Å². The molecule has 1 aromatic heterocycles. The van der Waals surface area contributed by atoms with E-state index in [0.717, 1.165) is 14.7 Å². The van der Waals surface area contributed by atoms with Crippen LogP contribution < -0.4 is 0 Å². The number of hydrogen-bond acceptors (Lipinski definition) is 3. The average Bonchev–Trinajstić information content (AvgIpc) is 2.47. The zero-order valence-corrected chi connectivity index (χ0v) is 12.4. The molecule has 20 heavy (non-hydrogen) atoms. The molecular weight excluding hydrogens is 367 g/mol. The topological polar surface area (TPSA) is 56.0 Å². The molecule has 0 bridgehead atoms. The van der Waals surface area contributed by atoms with Gasteiger partial charge in [0, 0.05) is 21.4 Å². The normalized spacial score (nSPS) is 10.7. The van der Waals surface area contributed by atoms with Crippen molar-refractivity contribution in [2.45, 2.75) is 0 Å². The van der Waals surface area contributed by atoms with E-state index in [-0.39, 0.29) is 10.6 Å². The van der Waals surface area contributed by atoms with E-state index in [1.807, 2.05) is 30.3 Å². The van der Waals surface area contributed by atoms with Crippen LogP contribution in [0.25, 0.3) is 22.0 Å². The van der Waals surface area contributed by atoms with Crippen LogP contribution in [0.1, 0.15) is 0 Å². The number of nitro groups is 1. The molecule has 0 fully saturated rings. The van der Waals surface area contributed by atoms with E-state index >= 15 is 0 Å². The Balaban J connectivity index is 2.47. The molecule has 0 spiro atoms. The summed E-state index contributed by atoms with van der Waals surface area (Å²) in [6.07, 6.45) is 1.74. The molecule has 5 heteroatoms. The number of aromatic nitrogens is 1. The molecule has 0 atom stereocenters. The highest BCUT2D eigenvalue weighted by Gasteiger charge is 2.18. The van der Waals surface area contributed by atoms with Crippen LogP contribution in [0.15, 0.2) is 54.7 Å². The molecule has 0 aliphatic carbocycles. The van der Waals surface area contributed by atoms with Crippen LogP contribution in [-0.2, 0) is 0 Å². The number of nitro benzene ring substituents is 1. The number of fused-ring (bicyclic) bond motifs is 1. The molecule has 0 aliphatic rings. The van der Waals surface area contributed by atoms with Gasteiger partial charge < -0.3 is 0 Å². The van der Waals surface area contributed by atoms with Crippen molar-refractivity contribution in [1.29, 1.82) is 0 Å². The summed E-state index contributed by atoms with van der Waals surface area (Å²) in [6.45, 7) is 0. The van der Waals surface area contributed by atoms with E-state index < -0.39 is 0 Å². The zero-order valence-electron chi connectivity index (χ0n) is 10.3. The predicted molar refractivity (Wildman–Crippen MR) is 86.6 cm³/mol. The Labute approximate surface area is 128 Å². The predicted octanol–water partition coefficient (Wildman–Crippen LogP) is 4.41. The van der Waals surface area contributed by atoms with E-state index in [1.54, 1.807) is 18.3 Å². The smallest absolute Gasteiger partial charge is 0.258 e. The molecule has 98 valence electrons. The summed E-state index contributed by atoms with van der Waals surface area (Å²) in [6, 6.07) is 14.7. The van der Waals surface area contributed by atoms with Gasteiger partial charge in [0.05, 0.1) is 15.8 Å². The summed E-state index contributed by atoms with van der Waals surface area (Å²) in [4.78, 5) is 15.2. The van der Waals surface area contributed by atoms with Gasteiger partial charge in [-0.05, 0) is 34.2 Å². The number of nitrogens with zero attached hydrogens (tertiary/aromatic N) is 2. The van der Waals surface area contributed by atoms with Gasteiger partial charge in [0.25, 0.3) is 5.69 Å². The van der Waals surface area contributed by atoms with Crippen molar-refractivity contribution in [2.75, 3.05) is 0 Å². The van der Waals surface area contributed by atoms with Crippen LogP contribution in [0.5, 0.6) is 0 Å². The van der Waals surface area contributed by atoms with Gasteiger partial charge in [0.2, 0.25) is 0 Å². The first-order chi connectivity index (χ1) is 9.68. The third-order valence-electron chi connectivity index (χ3n) is 3.09. The number of hydrogen-bond donors (Lipinski definition) is 0. The quantitative estimate of drug-likeness (QED) is 0.378. The molecule has 0 N–H and O–H groups in total. The van der Waals surface area contributed by atoms with Crippen LogP contribution in [0.3, 0.4) is 0 Å². The summed E-state index contributed by atoms with van der Waals surface area (Å²) in [5.74, 6) is 0. The molecule has 0 amide bonds. The van der Waals surface area contributed by atoms with Crippen molar-refractivity contribution in [3.05, 3.63) is 68.4 Å². The van der Waals surface area contributed by atoms with Gasteiger partial charge in [-0.3, -0.25) is 15.1 Å². The van der Waals surface area contributed by atoms with Gasteiger partial charge in [-0.15, -0.1) is 0 Å². The molecule has 0 aliphatic heterocycles. The van der Waals surface area contributed by atoms with Gasteiger partial charge in [-0.1, -0.05) is 36.4 Å². The molecule has 0 saturated heterocycles. The van der Waals surface area contributed by atoms with Crippen LogP contribution in [0.4, 0.5) is 5.69 Å². The Hall–Kier alpha value is -2.02. The second-order valence-electron chi connectivity index (χ2n) is 4.28. The molecule has 1 heterocycles.